The molecule has 0 radical (unpaired) electrons. The van der Waals surface area contributed by atoms with Crippen molar-refractivity contribution in [3.63, 3.8) is 0 Å². The summed E-state index contributed by atoms with van der Waals surface area (Å²) < 4.78 is 11.6. The summed E-state index contributed by atoms with van der Waals surface area (Å²) in [6, 6.07) is 23.9. The maximum absolute atomic E-state index is 10.6. The predicted octanol–water partition coefficient (Wildman–Crippen LogP) is 5.10. The van der Waals surface area contributed by atoms with Gasteiger partial charge in [0.1, 0.15) is 23.4 Å². The van der Waals surface area contributed by atoms with Gasteiger partial charge >= 0.3 is 0 Å². The number of hydrogen-bond acceptors (Lipinski definition) is 3. The van der Waals surface area contributed by atoms with E-state index in [1.54, 1.807) is 13.2 Å². The van der Waals surface area contributed by atoms with Crippen LogP contribution in [0.4, 0.5) is 0 Å². The molecule has 3 atom stereocenters. The topological polar surface area (TPSA) is 38.7 Å². The van der Waals surface area contributed by atoms with Crippen LogP contribution in [0.1, 0.15) is 35.4 Å². The lowest BCUT2D eigenvalue weighted by atomic mass is 9.72. The Balaban J connectivity index is 1.92. The first-order chi connectivity index (χ1) is 12.7. The Morgan fingerprint density at radius 1 is 0.885 bits per heavy atom. The normalized spacial score (nSPS) is 21.5. The summed E-state index contributed by atoms with van der Waals surface area (Å²) in [5, 5.41) is 10.6. The van der Waals surface area contributed by atoms with Crippen LogP contribution < -0.4 is 9.47 Å². The second kappa shape index (κ2) is 6.75. The van der Waals surface area contributed by atoms with E-state index in [9.17, 15) is 5.11 Å². The van der Waals surface area contributed by atoms with Gasteiger partial charge < -0.3 is 14.6 Å². The van der Waals surface area contributed by atoms with Crippen LogP contribution in [0.25, 0.3) is 0 Å². The Hall–Kier alpha value is -2.94. The Labute approximate surface area is 153 Å². The van der Waals surface area contributed by atoms with E-state index in [1.807, 2.05) is 54.6 Å². The molecule has 3 aromatic carbocycles. The van der Waals surface area contributed by atoms with E-state index in [-0.39, 0.29) is 17.9 Å². The molecule has 3 aromatic rings. The number of methoxy groups -OCH3 is 1. The van der Waals surface area contributed by atoms with Crippen LogP contribution in [0.2, 0.25) is 0 Å². The van der Waals surface area contributed by atoms with Gasteiger partial charge in [-0.2, -0.15) is 0 Å². The number of ether oxygens (including phenoxy) is 2. The minimum atomic E-state index is -0.0402. The number of rotatable bonds is 3. The van der Waals surface area contributed by atoms with Gasteiger partial charge in [-0.1, -0.05) is 54.6 Å². The quantitative estimate of drug-likeness (QED) is 0.717. The molecule has 0 saturated carbocycles. The molecule has 0 amide bonds. The lowest BCUT2D eigenvalue weighted by molar-refractivity contribution is 0.155. The third kappa shape index (κ3) is 2.80. The number of benzene rings is 3. The van der Waals surface area contributed by atoms with Gasteiger partial charge in [-0.05, 0) is 24.6 Å². The highest BCUT2D eigenvalue weighted by Gasteiger charge is 2.39. The highest BCUT2D eigenvalue weighted by Crippen LogP contribution is 2.51. The molecule has 3 nitrogen and oxygen atoms in total. The molecule has 1 aliphatic rings. The van der Waals surface area contributed by atoms with Gasteiger partial charge in [0, 0.05) is 29.0 Å². The van der Waals surface area contributed by atoms with Crippen molar-refractivity contribution >= 4 is 0 Å². The molecule has 132 valence electrons. The largest absolute Gasteiger partial charge is 0.508 e. The molecule has 0 saturated heterocycles. The fourth-order valence-electron chi connectivity index (χ4n) is 3.99. The van der Waals surface area contributed by atoms with Crippen molar-refractivity contribution < 1.29 is 14.6 Å². The van der Waals surface area contributed by atoms with Crippen molar-refractivity contribution in [1.82, 2.24) is 0 Å². The molecule has 0 spiro atoms. The van der Waals surface area contributed by atoms with E-state index in [4.69, 9.17) is 9.47 Å². The zero-order chi connectivity index (χ0) is 18.1. The number of aromatic hydroxyl groups is 1. The van der Waals surface area contributed by atoms with E-state index in [0.29, 0.717) is 5.75 Å². The second-order valence-electron chi connectivity index (χ2n) is 6.70. The van der Waals surface area contributed by atoms with Crippen molar-refractivity contribution in [3.05, 3.63) is 89.5 Å². The fourth-order valence-corrected chi connectivity index (χ4v) is 3.99. The number of phenols is 1. The third-order valence-corrected chi connectivity index (χ3v) is 5.19. The minimum absolute atomic E-state index is 0.00301. The summed E-state index contributed by atoms with van der Waals surface area (Å²) in [7, 11) is 1.65. The first-order valence-corrected chi connectivity index (χ1v) is 8.86. The standard InChI is InChI=1S/C23H22O3/c1-15-22(16-8-4-3-5-9-16)23(18-10-6-7-11-20(18)24)19-13-12-17(25-2)14-21(19)26-15/h3-15,22-24H,1-2H3/t15-,22-,23-/m0/s1. The number of hydrogen-bond donors (Lipinski definition) is 1. The van der Waals surface area contributed by atoms with Crippen LogP contribution in [0.15, 0.2) is 72.8 Å². The molecular formula is C23H22O3. The Morgan fingerprint density at radius 2 is 1.62 bits per heavy atom. The first-order valence-electron chi connectivity index (χ1n) is 8.86. The average molecular weight is 346 g/mol. The summed E-state index contributed by atoms with van der Waals surface area (Å²) in [6.45, 7) is 2.09. The van der Waals surface area contributed by atoms with Crippen molar-refractivity contribution in [1.29, 1.82) is 0 Å². The third-order valence-electron chi connectivity index (χ3n) is 5.19. The Kier molecular flexibility index (Phi) is 4.29. The average Bonchev–Trinajstić information content (AvgIpc) is 2.67. The minimum Gasteiger partial charge on any atom is -0.508 e. The number of para-hydroxylation sites is 1. The van der Waals surface area contributed by atoms with Crippen LogP contribution in [0.5, 0.6) is 17.2 Å². The van der Waals surface area contributed by atoms with Crippen molar-refractivity contribution in [3.8, 4) is 17.2 Å². The summed E-state index contributed by atoms with van der Waals surface area (Å²) >= 11 is 0. The van der Waals surface area contributed by atoms with Crippen LogP contribution in [-0.2, 0) is 0 Å². The molecule has 0 fully saturated rings. The lowest BCUT2D eigenvalue weighted by Crippen LogP contribution is -2.32. The SMILES string of the molecule is COc1ccc2c(c1)O[C@@H](C)[C@@H](c1ccccc1)[C@H]2c1ccccc1O. The molecule has 1 N–H and O–H groups in total. The van der Waals surface area contributed by atoms with E-state index in [2.05, 4.69) is 19.1 Å². The predicted molar refractivity (Wildman–Crippen MR) is 102 cm³/mol. The molecule has 0 bridgehead atoms. The van der Waals surface area contributed by atoms with Crippen LogP contribution in [-0.4, -0.2) is 18.3 Å². The molecule has 1 aliphatic heterocycles. The Bertz CT molecular complexity index is 904. The van der Waals surface area contributed by atoms with E-state index in [0.717, 1.165) is 22.6 Å². The van der Waals surface area contributed by atoms with Crippen LogP contribution in [0, 0.1) is 0 Å². The van der Waals surface area contributed by atoms with E-state index >= 15 is 0 Å². The first kappa shape index (κ1) is 16.5. The summed E-state index contributed by atoms with van der Waals surface area (Å²) in [4.78, 5) is 0. The molecule has 4 rings (SSSR count). The maximum Gasteiger partial charge on any atom is 0.127 e. The molecule has 0 aromatic heterocycles. The van der Waals surface area contributed by atoms with Crippen molar-refractivity contribution in [2.45, 2.75) is 24.9 Å². The lowest BCUT2D eigenvalue weighted by Gasteiger charge is -2.39. The number of phenolic OH excluding ortho intramolecular Hbond substituents is 1. The van der Waals surface area contributed by atoms with E-state index in [1.165, 1.54) is 5.56 Å². The number of fused-ring (bicyclic) bond motifs is 1. The van der Waals surface area contributed by atoms with Gasteiger partial charge in [0.05, 0.1) is 7.11 Å². The second-order valence-corrected chi connectivity index (χ2v) is 6.70. The van der Waals surface area contributed by atoms with Gasteiger partial charge in [-0.25, -0.2) is 0 Å². The van der Waals surface area contributed by atoms with Gasteiger partial charge in [-0.15, -0.1) is 0 Å². The van der Waals surface area contributed by atoms with Gasteiger partial charge in [0.15, 0.2) is 0 Å². The highest BCUT2D eigenvalue weighted by atomic mass is 16.5. The monoisotopic (exact) mass is 346 g/mol. The Morgan fingerprint density at radius 3 is 2.35 bits per heavy atom. The van der Waals surface area contributed by atoms with Crippen molar-refractivity contribution in [2.75, 3.05) is 7.11 Å². The fraction of sp³-hybridized carbons (Fsp3) is 0.217. The van der Waals surface area contributed by atoms with E-state index < -0.39 is 0 Å². The van der Waals surface area contributed by atoms with Gasteiger partial charge in [0.25, 0.3) is 0 Å². The zero-order valence-electron chi connectivity index (χ0n) is 14.9. The molecule has 1 heterocycles. The summed E-state index contributed by atoms with van der Waals surface area (Å²) in [5.74, 6) is 2.00. The molecule has 0 aliphatic carbocycles. The summed E-state index contributed by atoms with van der Waals surface area (Å²) in [5.41, 5.74) is 3.19. The summed E-state index contributed by atoms with van der Waals surface area (Å²) in [6.07, 6.45) is -0.0402. The van der Waals surface area contributed by atoms with Gasteiger partial charge in [0.2, 0.25) is 0 Å². The molecule has 26 heavy (non-hydrogen) atoms. The highest BCUT2D eigenvalue weighted by molar-refractivity contribution is 5.53. The molecule has 0 unspecified atom stereocenters. The maximum atomic E-state index is 10.6. The zero-order valence-corrected chi connectivity index (χ0v) is 14.9. The van der Waals surface area contributed by atoms with Crippen molar-refractivity contribution in [2.24, 2.45) is 0 Å². The molecular weight excluding hydrogens is 324 g/mol. The molecule has 3 heteroatoms. The smallest absolute Gasteiger partial charge is 0.127 e. The van der Waals surface area contributed by atoms with Crippen LogP contribution >= 0.6 is 0 Å². The van der Waals surface area contributed by atoms with Crippen LogP contribution in [0.3, 0.4) is 0 Å². The van der Waals surface area contributed by atoms with Gasteiger partial charge in [-0.3, -0.25) is 0 Å².